The maximum Gasteiger partial charge on any atom is 0.0366 e. The molecule has 2 aliphatic heterocycles. The van der Waals surface area contributed by atoms with Crippen LogP contribution in [0.1, 0.15) is 5.56 Å². The molecule has 2 atom stereocenters. The van der Waals surface area contributed by atoms with Crippen molar-refractivity contribution in [2.45, 2.75) is 6.54 Å². The first-order valence-electron chi connectivity index (χ1n) is 7.95. The summed E-state index contributed by atoms with van der Waals surface area (Å²) in [6.45, 7) is 6.06. The van der Waals surface area contributed by atoms with Crippen LogP contribution in [-0.2, 0) is 6.54 Å². The second-order valence-electron chi connectivity index (χ2n) is 6.44. The van der Waals surface area contributed by atoms with Gasteiger partial charge < -0.3 is 4.90 Å². The van der Waals surface area contributed by atoms with Crippen LogP contribution in [0.15, 0.2) is 60.7 Å². The van der Waals surface area contributed by atoms with Gasteiger partial charge in [-0.15, -0.1) is 0 Å². The quantitative estimate of drug-likeness (QED) is 0.850. The summed E-state index contributed by atoms with van der Waals surface area (Å²) in [5, 5.41) is 0. The highest BCUT2D eigenvalue weighted by Crippen LogP contribution is 2.34. The zero-order chi connectivity index (χ0) is 14.1. The van der Waals surface area contributed by atoms with E-state index in [-0.39, 0.29) is 0 Å². The van der Waals surface area contributed by atoms with Crippen molar-refractivity contribution in [3.05, 3.63) is 66.2 Å². The summed E-state index contributed by atoms with van der Waals surface area (Å²) in [7, 11) is 0. The minimum atomic E-state index is 0.842. The molecule has 2 heteroatoms. The van der Waals surface area contributed by atoms with E-state index < -0.39 is 0 Å². The molecule has 0 amide bonds. The summed E-state index contributed by atoms with van der Waals surface area (Å²) in [5.74, 6) is 1.68. The lowest BCUT2D eigenvalue weighted by molar-refractivity contribution is 0.309. The van der Waals surface area contributed by atoms with E-state index in [4.69, 9.17) is 0 Å². The van der Waals surface area contributed by atoms with E-state index in [0.717, 1.165) is 18.4 Å². The topological polar surface area (TPSA) is 6.48 Å². The van der Waals surface area contributed by atoms with Gasteiger partial charge in [-0.25, -0.2) is 0 Å². The summed E-state index contributed by atoms with van der Waals surface area (Å²) >= 11 is 0. The molecule has 2 aromatic rings. The second-order valence-corrected chi connectivity index (χ2v) is 6.44. The highest BCUT2D eigenvalue weighted by molar-refractivity contribution is 5.47. The van der Waals surface area contributed by atoms with Gasteiger partial charge >= 0.3 is 0 Å². The molecule has 0 N–H and O–H groups in total. The third-order valence-electron chi connectivity index (χ3n) is 4.93. The third kappa shape index (κ3) is 2.68. The average molecular weight is 278 g/mol. The average Bonchev–Trinajstić information content (AvgIpc) is 3.07. The van der Waals surface area contributed by atoms with Crippen LogP contribution < -0.4 is 4.90 Å². The van der Waals surface area contributed by atoms with Gasteiger partial charge in [-0.3, -0.25) is 4.90 Å². The summed E-state index contributed by atoms with van der Waals surface area (Å²) in [6.07, 6.45) is 0. The van der Waals surface area contributed by atoms with Gasteiger partial charge in [0.25, 0.3) is 0 Å². The summed E-state index contributed by atoms with van der Waals surface area (Å²) in [4.78, 5) is 5.20. The predicted octanol–water partition coefficient (Wildman–Crippen LogP) is 3.25. The third-order valence-corrected chi connectivity index (χ3v) is 4.93. The number of nitrogens with zero attached hydrogens (tertiary/aromatic N) is 2. The molecule has 2 nitrogen and oxygen atoms in total. The molecule has 2 fully saturated rings. The van der Waals surface area contributed by atoms with Crippen molar-refractivity contribution in [1.29, 1.82) is 0 Å². The van der Waals surface area contributed by atoms with E-state index in [0.29, 0.717) is 0 Å². The fourth-order valence-electron chi connectivity index (χ4n) is 3.91. The molecule has 0 radical (unpaired) electrons. The van der Waals surface area contributed by atoms with E-state index >= 15 is 0 Å². The lowest BCUT2D eigenvalue weighted by atomic mass is 10.0. The zero-order valence-corrected chi connectivity index (χ0v) is 12.4. The normalized spacial score (nSPS) is 25.2. The van der Waals surface area contributed by atoms with Crippen molar-refractivity contribution in [1.82, 2.24) is 4.90 Å². The number of hydrogen-bond acceptors (Lipinski definition) is 2. The Morgan fingerprint density at radius 1 is 0.714 bits per heavy atom. The molecule has 2 heterocycles. The van der Waals surface area contributed by atoms with Crippen molar-refractivity contribution in [3.63, 3.8) is 0 Å². The Morgan fingerprint density at radius 2 is 1.29 bits per heavy atom. The fourth-order valence-corrected chi connectivity index (χ4v) is 3.91. The minimum absolute atomic E-state index is 0.842. The van der Waals surface area contributed by atoms with Crippen molar-refractivity contribution < 1.29 is 0 Å². The van der Waals surface area contributed by atoms with Gasteiger partial charge in [0, 0.05) is 38.4 Å². The molecule has 108 valence electrons. The van der Waals surface area contributed by atoms with E-state index in [9.17, 15) is 0 Å². The van der Waals surface area contributed by atoms with Gasteiger partial charge in [-0.1, -0.05) is 48.5 Å². The Bertz CT molecular complexity index is 567. The number of hydrogen-bond donors (Lipinski definition) is 0. The Balaban J connectivity index is 1.37. The number of fused-ring (bicyclic) bond motifs is 1. The van der Waals surface area contributed by atoms with Crippen LogP contribution in [0.2, 0.25) is 0 Å². The molecule has 0 bridgehead atoms. The highest BCUT2D eigenvalue weighted by Gasteiger charge is 2.39. The first-order chi connectivity index (χ1) is 10.4. The van der Waals surface area contributed by atoms with Gasteiger partial charge in [0.15, 0.2) is 0 Å². The monoisotopic (exact) mass is 278 g/mol. The number of anilines is 1. The fraction of sp³-hybridized carbons (Fsp3) is 0.368. The predicted molar refractivity (Wildman–Crippen MR) is 87.4 cm³/mol. The largest absolute Gasteiger partial charge is 0.371 e. The molecule has 2 aliphatic rings. The first kappa shape index (κ1) is 12.9. The molecule has 0 unspecified atom stereocenters. The smallest absolute Gasteiger partial charge is 0.0366 e. The van der Waals surface area contributed by atoms with Gasteiger partial charge in [0.2, 0.25) is 0 Å². The van der Waals surface area contributed by atoms with E-state index in [1.165, 1.54) is 37.4 Å². The Kier molecular flexibility index (Phi) is 3.40. The van der Waals surface area contributed by atoms with E-state index in [2.05, 4.69) is 70.5 Å². The number of rotatable bonds is 3. The molecular formula is C19H22N2. The highest BCUT2D eigenvalue weighted by atomic mass is 15.2. The number of para-hydroxylation sites is 1. The molecule has 2 saturated heterocycles. The standard InChI is InChI=1S/C19H22N2/c1-3-7-16(8-4-1)11-20-12-17-14-21(15-18(17)13-20)19-9-5-2-6-10-19/h1-10,17-18H,11-15H2/t17-,18-/m0/s1. The van der Waals surface area contributed by atoms with Gasteiger partial charge in [0.05, 0.1) is 0 Å². The molecule has 0 spiro atoms. The summed E-state index contributed by atoms with van der Waals surface area (Å²) < 4.78 is 0. The lowest BCUT2D eigenvalue weighted by Gasteiger charge is -2.23. The van der Waals surface area contributed by atoms with Gasteiger partial charge in [-0.05, 0) is 29.5 Å². The molecule has 21 heavy (non-hydrogen) atoms. The SMILES string of the molecule is c1ccc(CN2C[C@H]3CN(c4ccccc4)C[C@@H]3C2)cc1. The number of likely N-dealkylation sites (tertiary alicyclic amines) is 1. The first-order valence-corrected chi connectivity index (χ1v) is 7.95. The molecule has 0 saturated carbocycles. The second kappa shape index (κ2) is 5.53. The molecule has 2 aromatic carbocycles. The van der Waals surface area contributed by atoms with E-state index in [1.807, 2.05) is 0 Å². The maximum absolute atomic E-state index is 2.63. The minimum Gasteiger partial charge on any atom is -0.371 e. The Hall–Kier alpha value is -1.80. The molecule has 4 rings (SSSR count). The van der Waals surface area contributed by atoms with Gasteiger partial charge in [0.1, 0.15) is 0 Å². The lowest BCUT2D eigenvalue weighted by Crippen LogP contribution is -2.28. The van der Waals surface area contributed by atoms with Crippen molar-refractivity contribution in [3.8, 4) is 0 Å². The van der Waals surface area contributed by atoms with Crippen LogP contribution in [-0.4, -0.2) is 31.1 Å². The van der Waals surface area contributed by atoms with E-state index in [1.54, 1.807) is 0 Å². The van der Waals surface area contributed by atoms with Crippen LogP contribution >= 0.6 is 0 Å². The van der Waals surface area contributed by atoms with Crippen LogP contribution in [0.4, 0.5) is 5.69 Å². The van der Waals surface area contributed by atoms with Gasteiger partial charge in [-0.2, -0.15) is 0 Å². The van der Waals surface area contributed by atoms with Crippen LogP contribution in [0, 0.1) is 11.8 Å². The zero-order valence-electron chi connectivity index (χ0n) is 12.4. The van der Waals surface area contributed by atoms with Crippen molar-refractivity contribution >= 4 is 5.69 Å². The Labute approximate surface area is 127 Å². The molecule has 0 aromatic heterocycles. The van der Waals surface area contributed by atoms with Crippen LogP contribution in [0.25, 0.3) is 0 Å². The number of benzene rings is 2. The van der Waals surface area contributed by atoms with Crippen LogP contribution in [0.3, 0.4) is 0 Å². The summed E-state index contributed by atoms with van der Waals surface area (Å²) in [6, 6.07) is 21.7. The Morgan fingerprint density at radius 3 is 1.90 bits per heavy atom. The maximum atomic E-state index is 2.63. The molecular weight excluding hydrogens is 256 g/mol. The van der Waals surface area contributed by atoms with Crippen molar-refractivity contribution in [2.75, 3.05) is 31.1 Å². The summed E-state index contributed by atoms with van der Waals surface area (Å²) in [5.41, 5.74) is 2.83. The van der Waals surface area contributed by atoms with Crippen LogP contribution in [0.5, 0.6) is 0 Å². The molecule has 0 aliphatic carbocycles. The van der Waals surface area contributed by atoms with Crippen molar-refractivity contribution in [2.24, 2.45) is 11.8 Å².